The Morgan fingerprint density at radius 2 is 1.93 bits per heavy atom. The number of fused-ring (bicyclic) bond motifs is 1. The highest BCUT2D eigenvalue weighted by atomic mass is 19.1. The van der Waals surface area contributed by atoms with Crippen molar-refractivity contribution in [3.05, 3.63) is 81.9 Å². The van der Waals surface area contributed by atoms with E-state index in [2.05, 4.69) is 15.4 Å². The predicted octanol–water partition coefficient (Wildman–Crippen LogP) is 3.38. The summed E-state index contributed by atoms with van der Waals surface area (Å²) in [7, 11) is 0. The molecule has 2 aromatic heterocycles. The fourth-order valence-electron chi connectivity index (χ4n) is 2.88. The summed E-state index contributed by atoms with van der Waals surface area (Å²) in [5.41, 5.74) is 1.24. The number of halogens is 1. The minimum atomic E-state index is -0.703. The SMILES string of the molecule is Cc1nc2ccc(NC(=O)c3nn(-c4ccccc4F)c(C)cc3=O)cc2o1. The monoisotopic (exact) mass is 378 g/mol. The number of carbonyl (C=O) groups is 1. The first-order valence-corrected chi connectivity index (χ1v) is 8.47. The van der Waals surface area contributed by atoms with Gasteiger partial charge in [0.15, 0.2) is 17.2 Å². The average Bonchev–Trinajstić information content (AvgIpc) is 3.02. The Balaban J connectivity index is 1.71. The minimum absolute atomic E-state index is 0.146. The third-order valence-corrected chi connectivity index (χ3v) is 4.16. The van der Waals surface area contributed by atoms with Gasteiger partial charge in [0.2, 0.25) is 5.43 Å². The van der Waals surface area contributed by atoms with Crippen molar-refractivity contribution in [1.82, 2.24) is 14.8 Å². The van der Waals surface area contributed by atoms with Gasteiger partial charge in [-0.15, -0.1) is 0 Å². The smallest absolute Gasteiger partial charge is 0.280 e. The largest absolute Gasteiger partial charge is 0.441 e. The zero-order valence-corrected chi connectivity index (χ0v) is 15.1. The highest BCUT2D eigenvalue weighted by Crippen LogP contribution is 2.20. The molecule has 140 valence electrons. The third kappa shape index (κ3) is 3.16. The molecule has 0 unspecified atom stereocenters. The van der Waals surface area contributed by atoms with Crippen LogP contribution >= 0.6 is 0 Å². The normalized spacial score (nSPS) is 11.0. The molecule has 0 radical (unpaired) electrons. The molecule has 2 aromatic carbocycles. The van der Waals surface area contributed by atoms with Gasteiger partial charge in [-0.3, -0.25) is 9.59 Å². The Morgan fingerprint density at radius 1 is 1.14 bits per heavy atom. The molecule has 8 heteroatoms. The molecule has 0 fully saturated rings. The molecule has 4 rings (SSSR count). The first-order chi connectivity index (χ1) is 13.4. The molecule has 0 aliphatic carbocycles. The predicted molar refractivity (Wildman–Crippen MR) is 101 cm³/mol. The van der Waals surface area contributed by atoms with Crippen molar-refractivity contribution in [3.8, 4) is 5.69 Å². The van der Waals surface area contributed by atoms with Crippen LogP contribution in [-0.2, 0) is 0 Å². The minimum Gasteiger partial charge on any atom is -0.441 e. The van der Waals surface area contributed by atoms with Crippen LogP contribution < -0.4 is 10.7 Å². The molecule has 0 atom stereocenters. The lowest BCUT2D eigenvalue weighted by Crippen LogP contribution is -2.27. The summed E-state index contributed by atoms with van der Waals surface area (Å²) in [4.78, 5) is 29.1. The van der Waals surface area contributed by atoms with Crippen LogP contribution in [0.4, 0.5) is 10.1 Å². The van der Waals surface area contributed by atoms with Gasteiger partial charge in [-0.25, -0.2) is 14.1 Å². The van der Waals surface area contributed by atoms with E-state index in [1.54, 1.807) is 44.2 Å². The maximum atomic E-state index is 14.1. The number of amides is 1. The van der Waals surface area contributed by atoms with Crippen LogP contribution in [-0.4, -0.2) is 20.7 Å². The summed E-state index contributed by atoms with van der Waals surface area (Å²) in [6, 6.07) is 12.2. The van der Waals surface area contributed by atoms with Gasteiger partial charge < -0.3 is 9.73 Å². The summed E-state index contributed by atoms with van der Waals surface area (Å²) in [6.45, 7) is 3.34. The third-order valence-electron chi connectivity index (χ3n) is 4.16. The molecule has 0 spiro atoms. The molecular formula is C20H15FN4O3. The lowest BCUT2D eigenvalue weighted by atomic mass is 10.2. The first-order valence-electron chi connectivity index (χ1n) is 8.47. The Hall–Kier alpha value is -3.81. The van der Waals surface area contributed by atoms with Gasteiger partial charge >= 0.3 is 0 Å². The van der Waals surface area contributed by atoms with E-state index < -0.39 is 17.2 Å². The van der Waals surface area contributed by atoms with Crippen LogP contribution in [0.1, 0.15) is 22.1 Å². The topological polar surface area (TPSA) is 90.0 Å². The van der Waals surface area contributed by atoms with E-state index in [1.165, 1.54) is 22.9 Å². The molecule has 28 heavy (non-hydrogen) atoms. The summed E-state index contributed by atoms with van der Waals surface area (Å²) < 4.78 is 20.8. The number of rotatable bonds is 3. The Kier molecular flexibility index (Phi) is 4.23. The number of para-hydroxylation sites is 1. The second-order valence-electron chi connectivity index (χ2n) is 6.23. The van der Waals surface area contributed by atoms with Crippen LogP contribution in [0.2, 0.25) is 0 Å². The molecule has 7 nitrogen and oxygen atoms in total. The number of anilines is 1. The van der Waals surface area contributed by atoms with E-state index in [-0.39, 0.29) is 11.4 Å². The number of hydrogen-bond acceptors (Lipinski definition) is 5. The van der Waals surface area contributed by atoms with Crippen LogP contribution in [0.15, 0.2) is 57.7 Å². The maximum Gasteiger partial charge on any atom is 0.280 e. The number of aromatic nitrogens is 3. The number of benzene rings is 2. The zero-order valence-electron chi connectivity index (χ0n) is 15.1. The van der Waals surface area contributed by atoms with Gasteiger partial charge in [-0.2, -0.15) is 5.10 Å². The first kappa shape index (κ1) is 17.6. The van der Waals surface area contributed by atoms with Gasteiger partial charge in [0, 0.05) is 30.4 Å². The number of nitrogens with one attached hydrogen (secondary N) is 1. The number of oxazole rings is 1. The van der Waals surface area contributed by atoms with Gasteiger partial charge in [0.05, 0.1) is 0 Å². The summed E-state index contributed by atoms with van der Waals surface area (Å²) >= 11 is 0. The van der Waals surface area contributed by atoms with Gasteiger partial charge in [0.25, 0.3) is 5.91 Å². The van der Waals surface area contributed by atoms with Crippen molar-refractivity contribution >= 4 is 22.7 Å². The Labute approximate surface area is 158 Å². The fourth-order valence-corrected chi connectivity index (χ4v) is 2.88. The molecule has 0 saturated heterocycles. The standard InChI is InChI=1S/C20H15FN4O3/c1-11-9-17(26)19(24-25(11)16-6-4-3-5-14(16)21)20(27)23-13-7-8-15-18(10-13)28-12(2)22-15/h3-10H,1-2H3,(H,23,27). The highest BCUT2D eigenvalue weighted by Gasteiger charge is 2.17. The Morgan fingerprint density at radius 3 is 2.71 bits per heavy atom. The highest BCUT2D eigenvalue weighted by molar-refractivity contribution is 6.03. The van der Waals surface area contributed by atoms with E-state index >= 15 is 0 Å². The number of nitrogens with zero attached hydrogens (tertiary/aromatic N) is 3. The van der Waals surface area contributed by atoms with Crippen LogP contribution in [0.5, 0.6) is 0 Å². The molecule has 1 N–H and O–H groups in total. The second kappa shape index (κ2) is 6.73. The molecular weight excluding hydrogens is 363 g/mol. The van der Waals surface area contributed by atoms with E-state index in [0.717, 1.165) is 0 Å². The van der Waals surface area contributed by atoms with Crippen molar-refractivity contribution < 1.29 is 13.6 Å². The van der Waals surface area contributed by atoms with E-state index in [9.17, 15) is 14.0 Å². The lowest BCUT2D eigenvalue weighted by Gasteiger charge is -2.12. The van der Waals surface area contributed by atoms with Crippen molar-refractivity contribution in [3.63, 3.8) is 0 Å². The Bertz CT molecular complexity index is 1280. The van der Waals surface area contributed by atoms with Gasteiger partial charge in [-0.05, 0) is 31.2 Å². The fraction of sp³-hybridized carbons (Fsp3) is 0.100. The van der Waals surface area contributed by atoms with Crippen LogP contribution in [0.3, 0.4) is 0 Å². The van der Waals surface area contributed by atoms with Gasteiger partial charge in [0.1, 0.15) is 17.0 Å². The molecule has 4 aromatic rings. The van der Waals surface area contributed by atoms with Crippen molar-refractivity contribution in [1.29, 1.82) is 0 Å². The lowest BCUT2D eigenvalue weighted by molar-refractivity contribution is 0.101. The van der Waals surface area contributed by atoms with E-state index in [4.69, 9.17) is 4.42 Å². The van der Waals surface area contributed by atoms with E-state index in [1.807, 2.05) is 0 Å². The van der Waals surface area contributed by atoms with Crippen molar-refractivity contribution in [2.24, 2.45) is 0 Å². The number of hydrogen-bond donors (Lipinski definition) is 1. The molecule has 2 heterocycles. The maximum absolute atomic E-state index is 14.1. The molecule has 0 aliphatic heterocycles. The molecule has 0 aliphatic rings. The average molecular weight is 378 g/mol. The van der Waals surface area contributed by atoms with E-state index in [0.29, 0.717) is 28.4 Å². The quantitative estimate of drug-likeness (QED) is 0.590. The summed E-state index contributed by atoms with van der Waals surface area (Å²) in [5.74, 6) is -0.712. The second-order valence-corrected chi connectivity index (χ2v) is 6.23. The zero-order chi connectivity index (χ0) is 19.8. The number of carbonyl (C=O) groups excluding carboxylic acids is 1. The summed E-state index contributed by atoms with van der Waals surface area (Å²) in [5, 5.41) is 6.70. The molecule has 0 saturated carbocycles. The van der Waals surface area contributed by atoms with Crippen LogP contribution in [0, 0.1) is 19.7 Å². The molecule has 1 amide bonds. The number of aryl methyl sites for hydroxylation is 2. The van der Waals surface area contributed by atoms with Crippen molar-refractivity contribution in [2.75, 3.05) is 5.32 Å². The van der Waals surface area contributed by atoms with Crippen LogP contribution in [0.25, 0.3) is 16.8 Å². The van der Waals surface area contributed by atoms with Gasteiger partial charge in [-0.1, -0.05) is 12.1 Å². The molecule has 0 bridgehead atoms. The van der Waals surface area contributed by atoms with Crippen molar-refractivity contribution in [2.45, 2.75) is 13.8 Å². The summed E-state index contributed by atoms with van der Waals surface area (Å²) in [6.07, 6.45) is 0.